The first-order chi connectivity index (χ1) is 8.49. The average molecular weight is 248 g/mol. The van der Waals surface area contributed by atoms with Crippen LogP contribution in [0.2, 0.25) is 0 Å². The molecule has 1 rings (SSSR count). The molecule has 1 unspecified atom stereocenters. The minimum Gasteiger partial charge on any atom is -0.381 e. The number of primary amides is 1. The standard InChI is InChI=1S/C13H16N2O3/c1-9-2-4-10(5-3-9)6-7-12(17)15-8-11(16)13(14)18/h2-7,11,16H,8H2,1H3,(H2,14,18)(H,15,17)/b7-6+. The van der Waals surface area contributed by atoms with Crippen LogP contribution in [0.5, 0.6) is 0 Å². The fraction of sp³-hybridized carbons (Fsp3) is 0.231. The highest BCUT2D eigenvalue weighted by molar-refractivity contribution is 5.92. The van der Waals surface area contributed by atoms with Gasteiger partial charge in [0.1, 0.15) is 6.10 Å². The maximum atomic E-state index is 11.3. The Kier molecular flexibility index (Phi) is 5.07. The summed E-state index contributed by atoms with van der Waals surface area (Å²) in [7, 11) is 0. The summed E-state index contributed by atoms with van der Waals surface area (Å²) in [5.74, 6) is -1.26. The van der Waals surface area contributed by atoms with Gasteiger partial charge in [0.15, 0.2) is 0 Å². The van der Waals surface area contributed by atoms with Crippen LogP contribution in [0, 0.1) is 6.92 Å². The molecule has 0 spiro atoms. The zero-order valence-corrected chi connectivity index (χ0v) is 10.1. The number of nitrogens with one attached hydrogen (secondary N) is 1. The number of aliphatic hydroxyl groups excluding tert-OH is 1. The number of nitrogens with two attached hydrogens (primary N) is 1. The summed E-state index contributed by atoms with van der Waals surface area (Å²) in [4.78, 5) is 21.9. The van der Waals surface area contributed by atoms with E-state index >= 15 is 0 Å². The van der Waals surface area contributed by atoms with Gasteiger partial charge in [0, 0.05) is 6.08 Å². The van der Waals surface area contributed by atoms with Crippen LogP contribution in [-0.4, -0.2) is 29.6 Å². The first-order valence-electron chi connectivity index (χ1n) is 5.49. The maximum Gasteiger partial charge on any atom is 0.248 e. The minimum absolute atomic E-state index is 0.188. The molecule has 5 nitrogen and oxygen atoms in total. The summed E-state index contributed by atoms with van der Waals surface area (Å²) in [5.41, 5.74) is 6.88. The van der Waals surface area contributed by atoms with E-state index in [-0.39, 0.29) is 6.54 Å². The molecule has 0 saturated carbocycles. The quantitative estimate of drug-likeness (QED) is 0.639. The number of carbonyl (C=O) groups excluding carboxylic acids is 2. The van der Waals surface area contributed by atoms with Gasteiger partial charge in [-0.15, -0.1) is 0 Å². The predicted octanol–water partition coefficient (Wildman–Crippen LogP) is -0.0294. The lowest BCUT2D eigenvalue weighted by Crippen LogP contribution is -2.39. The molecule has 0 heterocycles. The summed E-state index contributed by atoms with van der Waals surface area (Å²) in [6, 6.07) is 7.65. The van der Waals surface area contributed by atoms with Gasteiger partial charge in [-0.05, 0) is 18.6 Å². The number of hydrogen-bond acceptors (Lipinski definition) is 3. The van der Waals surface area contributed by atoms with E-state index in [4.69, 9.17) is 10.8 Å². The summed E-state index contributed by atoms with van der Waals surface area (Å²) in [6.45, 7) is 1.79. The Morgan fingerprint density at radius 1 is 1.39 bits per heavy atom. The Morgan fingerprint density at radius 3 is 2.56 bits per heavy atom. The Hall–Kier alpha value is -2.14. The Balaban J connectivity index is 2.45. The fourth-order valence-electron chi connectivity index (χ4n) is 1.21. The largest absolute Gasteiger partial charge is 0.381 e. The summed E-state index contributed by atoms with van der Waals surface area (Å²) in [6.07, 6.45) is 1.62. The lowest BCUT2D eigenvalue weighted by atomic mass is 10.1. The van der Waals surface area contributed by atoms with Crippen molar-refractivity contribution in [1.29, 1.82) is 0 Å². The topological polar surface area (TPSA) is 92.4 Å². The molecule has 4 N–H and O–H groups in total. The van der Waals surface area contributed by atoms with Gasteiger partial charge >= 0.3 is 0 Å². The second-order valence-electron chi connectivity index (χ2n) is 3.91. The molecule has 1 atom stereocenters. The molecule has 2 amide bonds. The molecule has 0 aliphatic heterocycles. The molecule has 0 aromatic heterocycles. The average Bonchev–Trinajstić information content (AvgIpc) is 2.35. The molecule has 0 radical (unpaired) electrons. The van der Waals surface area contributed by atoms with Crippen molar-refractivity contribution < 1.29 is 14.7 Å². The van der Waals surface area contributed by atoms with Crippen molar-refractivity contribution >= 4 is 17.9 Å². The minimum atomic E-state index is -1.36. The van der Waals surface area contributed by atoms with Crippen molar-refractivity contribution in [2.75, 3.05) is 6.54 Å². The van der Waals surface area contributed by atoms with Gasteiger partial charge in [-0.2, -0.15) is 0 Å². The van der Waals surface area contributed by atoms with E-state index in [0.29, 0.717) is 0 Å². The van der Waals surface area contributed by atoms with Crippen LogP contribution in [0.1, 0.15) is 11.1 Å². The van der Waals surface area contributed by atoms with Crippen molar-refractivity contribution in [3.05, 3.63) is 41.5 Å². The Bertz CT molecular complexity index is 452. The molecule has 0 bridgehead atoms. The summed E-state index contributed by atoms with van der Waals surface area (Å²) in [5, 5.41) is 11.4. The van der Waals surface area contributed by atoms with E-state index in [2.05, 4.69) is 5.32 Å². The monoisotopic (exact) mass is 248 g/mol. The van der Waals surface area contributed by atoms with Crippen LogP contribution < -0.4 is 11.1 Å². The van der Waals surface area contributed by atoms with Gasteiger partial charge in [-0.1, -0.05) is 29.8 Å². The van der Waals surface area contributed by atoms with Crippen LogP contribution in [0.3, 0.4) is 0 Å². The molecular weight excluding hydrogens is 232 g/mol. The molecule has 1 aromatic carbocycles. The molecule has 0 aliphatic carbocycles. The van der Waals surface area contributed by atoms with Crippen LogP contribution in [0.4, 0.5) is 0 Å². The van der Waals surface area contributed by atoms with Crippen LogP contribution in [-0.2, 0) is 9.59 Å². The number of benzene rings is 1. The second kappa shape index (κ2) is 6.56. The van der Waals surface area contributed by atoms with Gasteiger partial charge in [0.25, 0.3) is 0 Å². The second-order valence-corrected chi connectivity index (χ2v) is 3.91. The third-order valence-electron chi connectivity index (χ3n) is 2.30. The SMILES string of the molecule is Cc1ccc(/C=C/C(=O)NCC(O)C(N)=O)cc1. The van der Waals surface area contributed by atoms with E-state index in [1.165, 1.54) is 6.08 Å². The molecular formula is C13H16N2O3. The van der Waals surface area contributed by atoms with E-state index in [1.807, 2.05) is 31.2 Å². The third-order valence-corrected chi connectivity index (χ3v) is 2.30. The maximum absolute atomic E-state index is 11.3. The smallest absolute Gasteiger partial charge is 0.248 e. The van der Waals surface area contributed by atoms with E-state index in [9.17, 15) is 9.59 Å². The summed E-state index contributed by atoms with van der Waals surface area (Å²) >= 11 is 0. The number of hydrogen-bond donors (Lipinski definition) is 3. The number of aliphatic hydroxyl groups is 1. The lowest BCUT2D eigenvalue weighted by molar-refractivity contribution is -0.126. The highest BCUT2D eigenvalue weighted by Crippen LogP contribution is 2.04. The molecule has 96 valence electrons. The van der Waals surface area contributed by atoms with E-state index < -0.39 is 17.9 Å². The summed E-state index contributed by atoms with van der Waals surface area (Å²) < 4.78 is 0. The highest BCUT2D eigenvalue weighted by atomic mass is 16.3. The van der Waals surface area contributed by atoms with Crippen molar-refractivity contribution in [3.8, 4) is 0 Å². The van der Waals surface area contributed by atoms with Crippen molar-refractivity contribution in [2.45, 2.75) is 13.0 Å². The molecule has 5 heteroatoms. The zero-order valence-electron chi connectivity index (χ0n) is 10.1. The molecule has 0 saturated heterocycles. The molecule has 0 aliphatic rings. The molecule has 0 fully saturated rings. The van der Waals surface area contributed by atoms with Crippen LogP contribution >= 0.6 is 0 Å². The first-order valence-corrected chi connectivity index (χ1v) is 5.49. The fourth-order valence-corrected chi connectivity index (χ4v) is 1.21. The lowest BCUT2D eigenvalue weighted by Gasteiger charge is -2.06. The Labute approximate surface area is 105 Å². The number of rotatable bonds is 5. The van der Waals surface area contributed by atoms with E-state index in [0.717, 1.165) is 11.1 Å². The normalized spacial score (nSPS) is 12.3. The molecule has 18 heavy (non-hydrogen) atoms. The highest BCUT2D eigenvalue weighted by Gasteiger charge is 2.10. The number of aryl methyl sites for hydroxylation is 1. The number of carbonyl (C=O) groups is 2. The van der Waals surface area contributed by atoms with Crippen LogP contribution in [0.25, 0.3) is 6.08 Å². The van der Waals surface area contributed by atoms with Gasteiger partial charge < -0.3 is 16.2 Å². The van der Waals surface area contributed by atoms with E-state index in [1.54, 1.807) is 6.08 Å². The van der Waals surface area contributed by atoms with Gasteiger partial charge in [-0.25, -0.2) is 0 Å². The van der Waals surface area contributed by atoms with Crippen LogP contribution in [0.15, 0.2) is 30.3 Å². The van der Waals surface area contributed by atoms with Crippen molar-refractivity contribution in [1.82, 2.24) is 5.32 Å². The van der Waals surface area contributed by atoms with Gasteiger partial charge in [-0.3, -0.25) is 9.59 Å². The van der Waals surface area contributed by atoms with Crippen molar-refractivity contribution in [3.63, 3.8) is 0 Å². The van der Waals surface area contributed by atoms with Crippen molar-refractivity contribution in [2.24, 2.45) is 5.73 Å². The third kappa shape index (κ3) is 4.80. The first kappa shape index (κ1) is 13.9. The predicted molar refractivity (Wildman–Crippen MR) is 68.4 cm³/mol. The Morgan fingerprint density at radius 2 is 2.00 bits per heavy atom. The number of amides is 2. The molecule has 1 aromatic rings. The van der Waals surface area contributed by atoms with Gasteiger partial charge in [0.2, 0.25) is 11.8 Å². The van der Waals surface area contributed by atoms with Gasteiger partial charge in [0.05, 0.1) is 6.54 Å². The zero-order chi connectivity index (χ0) is 13.5.